The van der Waals surface area contributed by atoms with Gasteiger partial charge in [0.2, 0.25) is 16.7 Å². The molecule has 0 aliphatic heterocycles. The monoisotopic (exact) mass is 219 g/mol. The number of aromatic amines is 1. The lowest BCUT2D eigenvalue weighted by Gasteiger charge is -2.04. The van der Waals surface area contributed by atoms with Crippen molar-refractivity contribution in [3.63, 3.8) is 0 Å². The van der Waals surface area contributed by atoms with Crippen molar-refractivity contribution in [1.82, 2.24) is 15.0 Å². The van der Waals surface area contributed by atoms with Crippen LogP contribution in [-0.2, 0) is 0 Å². The molecule has 2 aromatic rings. The van der Waals surface area contributed by atoms with Crippen LogP contribution in [0.5, 0.6) is 0 Å². The highest BCUT2D eigenvalue weighted by Gasteiger charge is 1.97. The lowest BCUT2D eigenvalue weighted by Crippen LogP contribution is -2.02. The summed E-state index contributed by atoms with van der Waals surface area (Å²) in [7, 11) is 0. The number of hydrogen-bond acceptors (Lipinski definition) is 5. The summed E-state index contributed by atoms with van der Waals surface area (Å²) in [6.07, 6.45) is 0. The average Bonchev–Trinajstić information content (AvgIpc) is 2.17. The number of hydrogen-bond donors (Lipinski definition) is 3. The van der Waals surface area contributed by atoms with Crippen LogP contribution in [0, 0.1) is 4.77 Å². The number of anilines is 3. The first-order chi connectivity index (χ1) is 7.24. The molecule has 1 heterocycles. The third-order valence-electron chi connectivity index (χ3n) is 1.71. The number of nitrogens with two attached hydrogens (primary N) is 1. The smallest absolute Gasteiger partial charge is 0.225 e. The van der Waals surface area contributed by atoms with Gasteiger partial charge in [-0.25, -0.2) is 0 Å². The van der Waals surface area contributed by atoms with E-state index >= 15 is 0 Å². The first-order valence-corrected chi connectivity index (χ1v) is 4.71. The van der Waals surface area contributed by atoms with E-state index in [2.05, 4.69) is 20.3 Å². The van der Waals surface area contributed by atoms with Crippen molar-refractivity contribution in [1.29, 1.82) is 0 Å². The summed E-state index contributed by atoms with van der Waals surface area (Å²) in [5.41, 5.74) is 6.40. The molecule has 0 aliphatic rings. The van der Waals surface area contributed by atoms with E-state index in [1.54, 1.807) is 0 Å². The first kappa shape index (κ1) is 9.60. The fraction of sp³-hybridized carbons (Fsp3) is 0. The zero-order valence-corrected chi connectivity index (χ0v) is 8.58. The van der Waals surface area contributed by atoms with Crippen molar-refractivity contribution < 1.29 is 0 Å². The maximum atomic E-state index is 5.50. The van der Waals surface area contributed by atoms with Gasteiger partial charge in [-0.05, 0) is 24.4 Å². The molecule has 0 saturated carbocycles. The Morgan fingerprint density at radius 3 is 2.60 bits per heavy atom. The second-order valence-electron chi connectivity index (χ2n) is 2.86. The van der Waals surface area contributed by atoms with Crippen LogP contribution in [-0.4, -0.2) is 15.0 Å². The summed E-state index contributed by atoms with van der Waals surface area (Å²) in [4.78, 5) is 10.5. The first-order valence-electron chi connectivity index (χ1n) is 4.30. The van der Waals surface area contributed by atoms with Crippen molar-refractivity contribution in [3.05, 3.63) is 35.1 Å². The molecule has 0 spiro atoms. The molecule has 0 fully saturated rings. The Hall–Kier alpha value is -1.95. The highest BCUT2D eigenvalue weighted by molar-refractivity contribution is 7.71. The van der Waals surface area contributed by atoms with Gasteiger partial charge in [-0.2, -0.15) is 9.97 Å². The molecule has 0 aliphatic carbocycles. The van der Waals surface area contributed by atoms with E-state index in [0.717, 1.165) is 5.69 Å². The molecule has 15 heavy (non-hydrogen) atoms. The van der Waals surface area contributed by atoms with Gasteiger partial charge in [0.15, 0.2) is 0 Å². The van der Waals surface area contributed by atoms with Crippen LogP contribution >= 0.6 is 12.2 Å². The van der Waals surface area contributed by atoms with E-state index < -0.39 is 0 Å². The van der Waals surface area contributed by atoms with Gasteiger partial charge >= 0.3 is 0 Å². The van der Waals surface area contributed by atoms with Crippen molar-refractivity contribution in [3.8, 4) is 0 Å². The summed E-state index contributed by atoms with van der Waals surface area (Å²) in [5.74, 6) is 0.729. The summed E-state index contributed by atoms with van der Waals surface area (Å²) >= 11 is 4.84. The molecule has 5 nitrogen and oxygen atoms in total. The second kappa shape index (κ2) is 4.05. The summed E-state index contributed by atoms with van der Waals surface area (Å²) < 4.78 is 0.213. The molecule has 4 N–H and O–H groups in total. The molecule has 1 aromatic heterocycles. The summed E-state index contributed by atoms with van der Waals surface area (Å²) in [5, 5.41) is 3.03. The Morgan fingerprint density at radius 2 is 1.93 bits per heavy atom. The minimum atomic E-state index is 0.213. The van der Waals surface area contributed by atoms with Gasteiger partial charge in [0.1, 0.15) is 0 Å². The highest BCUT2D eigenvalue weighted by atomic mass is 32.1. The zero-order valence-electron chi connectivity index (χ0n) is 7.77. The quantitative estimate of drug-likeness (QED) is 0.672. The molecule has 0 bridgehead atoms. The molecular weight excluding hydrogens is 210 g/mol. The topological polar surface area (TPSA) is 79.6 Å². The van der Waals surface area contributed by atoms with Gasteiger partial charge < -0.3 is 11.1 Å². The Bertz CT molecular complexity index is 507. The molecule has 6 heteroatoms. The maximum absolute atomic E-state index is 5.50. The lowest BCUT2D eigenvalue weighted by molar-refractivity contribution is 1.05. The van der Waals surface area contributed by atoms with Crippen molar-refractivity contribution in [2.45, 2.75) is 0 Å². The fourth-order valence-electron chi connectivity index (χ4n) is 1.12. The molecule has 0 saturated heterocycles. The van der Waals surface area contributed by atoms with Crippen molar-refractivity contribution in [2.75, 3.05) is 11.1 Å². The Labute approximate surface area is 91.4 Å². The number of nitrogens with zero attached hydrogens (tertiary/aromatic N) is 2. The average molecular weight is 219 g/mol. The van der Waals surface area contributed by atoms with E-state index in [1.807, 2.05) is 30.3 Å². The number of aromatic nitrogens is 3. The Balaban J connectivity index is 2.29. The Kier molecular flexibility index (Phi) is 2.59. The fourth-order valence-corrected chi connectivity index (χ4v) is 1.31. The molecule has 1 aromatic carbocycles. The van der Waals surface area contributed by atoms with E-state index in [9.17, 15) is 0 Å². The number of para-hydroxylation sites is 1. The number of benzene rings is 1. The molecular formula is C9H9N5S. The van der Waals surface area contributed by atoms with E-state index in [4.69, 9.17) is 18.0 Å². The standard InChI is InChI=1S/C9H9N5S/c10-7-12-8(14-9(15)13-7)11-6-4-2-1-3-5-6/h1-5H,(H4,10,11,12,13,14,15). The number of rotatable bonds is 2. The van der Waals surface area contributed by atoms with Crippen molar-refractivity contribution >= 4 is 29.8 Å². The minimum Gasteiger partial charge on any atom is -0.369 e. The van der Waals surface area contributed by atoms with Gasteiger partial charge in [-0.15, -0.1) is 0 Å². The van der Waals surface area contributed by atoms with Crippen molar-refractivity contribution in [2.24, 2.45) is 0 Å². The van der Waals surface area contributed by atoms with Crippen LogP contribution in [0.4, 0.5) is 17.6 Å². The van der Waals surface area contributed by atoms with Crippen LogP contribution in [0.1, 0.15) is 0 Å². The SMILES string of the molecule is Nc1nc(=S)nc(Nc2ccccc2)[nH]1. The predicted octanol–water partition coefficient (Wildman–Crippen LogP) is 1.86. The van der Waals surface area contributed by atoms with Gasteiger partial charge in [-0.3, -0.25) is 4.98 Å². The normalized spacial score (nSPS) is 9.87. The van der Waals surface area contributed by atoms with Gasteiger partial charge in [-0.1, -0.05) is 18.2 Å². The second-order valence-corrected chi connectivity index (χ2v) is 3.22. The van der Waals surface area contributed by atoms with Crippen LogP contribution in [0.25, 0.3) is 0 Å². The molecule has 0 amide bonds. The van der Waals surface area contributed by atoms with Gasteiger partial charge in [0, 0.05) is 5.69 Å². The zero-order chi connectivity index (χ0) is 10.7. The van der Waals surface area contributed by atoms with Crippen LogP contribution < -0.4 is 11.1 Å². The summed E-state index contributed by atoms with van der Waals surface area (Å²) in [6, 6.07) is 9.59. The van der Waals surface area contributed by atoms with E-state index in [0.29, 0.717) is 5.95 Å². The number of H-pyrrole nitrogens is 1. The molecule has 76 valence electrons. The number of nitrogens with one attached hydrogen (secondary N) is 2. The molecule has 0 atom stereocenters. The third-order valence-corrected chi connectivity index (χ3v) is 1.89. The molecule has 0 unspecified atom stereocenters. The number of nitrogen functional groups attached to an aromatic ring is 1. The maximum Gasteiger partial charge on any atom is 0.225 e. The molecule has 0 radical (unpaired) electrons. The van der Waals surface area contributed by atoms with Gasteiger partial charge in [0.05, 0.1) is 0 Å². The summed E-state index contributed by atoms with van der Waals surface area (Å²) in [6.45, 7) is 0. The van der Waals surface area contributed by atoms with Gasteiger partial charge in [0.25, 0.3) is 0 Å². The predicted molar refractivity (Wildman–Crippen MR) is 61.4 cm³/mol. The lowest BCUT2D eigenvalue weighted by atomic mass is 10.3. The van der Waals surface area contributed by atoms with E-state index in [1.165, 1.54) is 0 Å². The third kappa shape index (κ3) is 2.50. The largest absolute Gasteiger partial charge is 0.369 e. The molecule has 2 rings (SSSR count). The van der Waals surface area contributed by atoms with E-state index in [-0.39, 0.29) is 10.7 Å². The minimum absolute atomic E-state index is 0.213. The van der Waals surface area contributed by atoms with Crippen LogP contribution in [0.2, 0.25) is 0 Å². The van der Waals surface area contributed by atoms with Crippen LogP contribution in [0.15, 0.2) is 30.3 Å². The highest BCUT2D eigenvalue weighted by Crippen LogP contribution is 2.11. The Morgan fingerprint density at radius 1 is 1.20 bits per heavy atom. The van der Waals surface area contributed by atoms with Crippen LogP contribution in [0.3, 0.4) is 0 Å².